The van der Waals surface area contributed by atoms with E-state index in [9.17, 15) is 9.90 Å². The molecule has 0 radical (unpaired) electrons. The van der Waals surface area contributed by atoms with Crippen molar-refractivity contribution in [3.8, 4) is 11.5 Å². The van der Waals surface area contributed by atoms with E-state index in [0.29, 0.717) is 11.5 Å². The Morgan fingerprint density at radius 2 is 2.25 bits per heavy atom. The van der Waals surface area contributed by atoms with Crippen molar-refractivity contribution in [1.82, 2.24) is 9.55 Å². The topological polar surface area (TPSA) is 73.6 Å². The van der Waals surface area contributed by atoms with Crippen molar-refractivity contribution in [2.75, 3.05) is 7.11 Å². The Bertz CT molecular complexity index is 607. The number of hydrogen-bond donors (Lipinski definition) is 1. The molecule has 20 heavy (non-hydrogen) atoms. The zero-order valence-corrected chi connectivity index (χ0v) is 11.4. The molecule has 0 spiro atoms. The van der Waals surface area contributed by atoms with E-state index in [1.807, 2.05) is 11.5 Å². The van der Waals surface area contributed by atoms with Gasteiger partial charge < -0.3 is 19.1 Å². The van der Waals surface area contributed by atoms with Gasteiger partial charge in [0, 0.05) is 6.54 Å². The summed E-state index contributed by atoms with van der Waals surface area (Å²) in [5.74, 6) is -0.265. The number of carbonyl (C=O) groups is 1. The van der Waals surface area contributed by atoms with E-state index >= 15 is 0 Å². The summed E-state index contributed by atoms with van der Waals surface area (Å²) in [4.78, 5) is 15.3. The molecule has 106 valence electrons. The number of hydrogen-bond acceptors (Lipinski definition) is 4. The van der Waals surface area contributed by atoms with Crippen LogP contribution in [0.5, 0.6) is 11.5 Å². The lowest BCUT2D eigenvalue weighted by atomic mass is 10.2. The van der Waals surface area contributed by atoms with Crippen LogP contribution in [0.15, 0.2) is 30.7 Å². The van der Waals surface area contributed by atoms with Gasteiger partial charge in [0.2, 0.25) is 0 Å². The number of aromatic carboxylic acids is 1. The molecule has 0 unspecified atom stereocenters. The highest BCUT2D eigenvalue weighted by Crippen LogP contribution is 2.25. The van der Waals surface area contributed by atoms with E-state index < -0.39 is 5.97 Å². The van der Waals surface area contributed by atoms with Crippen molar-refractivity contribution in [3.05, 3.63) is 42.0 Å². The summed E-state index contributed by atoms with van der Waals surface area (Å²) in [6.45, 7) is 3.05. The van der Waals surface area contributed by atoms with Gasteiger partial charge in [-0.15, -0.1) is 0 Å². The third-order valence-electron chi connectivity index (χ3n) is 2.93. The summed E-state index contributed by atoms with van der Waals surface area (Å²) in [5.41, 5.74) is 0.964. The summed E-state index contributed by atoms with van der Waals surface area (Å²) in [6.07, 6.45) is 3.41. The van der Waals surface area contributed by atoms with E-state index in [4.69, 9.17) is 9.47 Å². The van der Waals surface area contributed by atoms with Crippen molar-refractivity contribution >= 4 is 5.97 Å². The second-order valence-electron chi connectivity index (χ2n) is 4.13. The van der Waals surface area contributed by atoms with Gasteiger partial charge in [0.1, 0.15) is 23.7 Å². The number of benzene rings is 1. The average molecular weight is 276 g/mol. The molecule has 0 amide bonds. The Morgan fingerprint density at radius 3 is 2.90 bits per heavy atom. The maximum atomic E-state index is 11.2. The molecule has 0 bridgehead atoms. The number of methoxy groups -OCH3 is 1. The minimum absolute atomic E-state index is 0.0758. The molecular formula is C14H16N2O4. The number of aromatic nitrogens is 2. The smallest absolute Gasteiger partial charge is 0.339 e. The highest BCUT2D eigenvalue weighted by atomic mass is 16.5. The summed E-state index contributed by atoms with van der Waals surface area (Å²) in [5, 5.41) is 9.19. The zero-order chi connectivity index (χ0) is 14.5. The highest BCUT2D eigenvalue weighted by molar-refractivity contribution is 5.91. The van der Waals surface area contributed by atoms with Crippen molar-refractivity contribution in [2.45, 2.75) is 20.1 Å². The maximum absolute atomic E-state index is 11.2. The lowest BCUT2D eigenvalue weighted by Crippen LogP contribution is -2.07. The molecule has 1 heterocycles. The molecule has 0 fully saturated rings. The molecule has 1 aromatic carbocycles. The highest BCUT2D eigenvalue weighted by Gasteiger charge is 2.13. The summed E-state index contributed by atoms with van der Waals surface area (Å²) in [7, 11) is 1.49. The number of imidazole rings is 1. The van der Waals surface area contributed by atoms with Gasteiger partial charge in [-0.3, -0.25) is 0 Å². The van der Waals surface area contributed by atoms with E-state index in [0.717, 1.165) is 12.2 Å². The van der Waals surface area contributed by atoms with Gasteiger partial charge in [0.15, 0.2) is 0 Å². The molecule has 6 heteroatoms. The van der Waals surface area contributed by atoms with Gasteiger partial charge in [-0.05, 0) is 25.1 Å². The third kappa shape index (κ3) is 2.90. The number of ether oxygens (including phenoxy) is 2. The minimum atomic E-state index is -1.05. The maximum Gasteiger partial charge on any atom is 0.339 e. The fraction of sp³-hybridized carbons (Fsp3) is 0.286. The third-order valence-corrected chi connectivity index (χ3v) is 2.93. The first kappa shape index (κ1) is 13.9. The van der Waals surface area contributed by atoms with Gasteiger partial charge in [-0.25, -0.2) is 9.78 Å². The van der Waals surface area contributed by atoms with Gasteiger partial charge in [0.05, 0.1) is 25.3 Å². The van der Waals surface area contributed by atoms with Crippen LogP contribution in [-0.2, 0) is 13.2 Å². The molecule has 2 rings (SSSR count). The molecule has 0 aliphatic heterocycles. The van der Waals surface area contributed by atoms with Gasteiger partial charge in [-0.2, -0.15) is 0 Å². The van der Waals surface area contributed by atoms with Gasteiger partial charge in [-0.1, -0.05) is 0 Å². The van der Waals surface area contributed by atoms with Crippen molar-refractivity contribution < 1.29 is 19.4 Å². The zero-order valence-electron chi connectivity index (χ0n) is 11.4. The van der Waals surface area contributed by atoms with Crippen LogP contribution in [0.1, 0.15) is 23.0 Å². The molecule has 0 aliphatic rings. The van der Waals surface area contributed by atoms with Crippen LogP contribution < -0.4 is 9.47 Å². The van der Waals surface area contributed by atoms with Crippen LogP contribution in [0, 0.1) is 0 Å². The Morgan fingerprint density at radius 1 is 1.45 bits per heavy atom. The summed E-state index contributed by atoms with van der Waals surface area (Å²) < 4.78 is 12.5. The average Bonchev–Trinajstić information content (AvgIpc) is 2.92. The molecule has 6 nitrogen and oxygen atoms in total. The molecular weight excluding hydrogens is 260 g/mol. The number of carboxylic acid groups (broad SMARTS) is 1. The van der Waals surface area contributed by atoms with Crippen LogP contribution in [0.4, 0.5) is 0 Å². The first-order valence-corrected chi connectivity index (χ1v) is 6.18. The van der Waals surface area contributed by atoms with Crippen LogP contribution >= 0.6 is 0 Å². The molecule has 0 saturated heterocycles. The Hall–Kier alpha value is -2.50. The fourth-order valence-corrected chi connectivity index (χ4v) is 1.83. The summed E-state index contributed by atoms with van der Waals surface area (Å²) in [6, 6.07) is 4.70. The standard InChI is InChI=1S/C14H16N2O4/c1-3-16-9-15-7-10(16)8-20-13-5-4-11(19-2)6-12(13)14(17)18/h4-7,9H,3,8H2,1-2H3,(H,17,18). The molecule has 2 aromatic rings. The molecule has 1 aromatic heterocycles. The number of carboxylic acids is 1. The molecule has 0 aliphatic carbocycles. The van der Waals surface area contributed by atoms with E-state index in [2.05, 4.69) is 4.98 Å². The van der Waals surface area contributed by atoms with E-state index in [1.54, 1.807) is 24.7 Å². The lowest BCUT2D eigenvalue weighted by molar-refractivity contribution is 0.0691. The van der Waals surface area contributed by atoms with Crippen LogP contribution in [-0.4, -0.2) is 27.7 Å². The minimum Gasteiger partial charge on any atom is -0.497 e. The second kappa shape index (κ2) is 6.10. The first-order chi connectivity index (χ1) is 9.65. The molecule has 1 N–H and O–H groups in total. The van der Waals surface area contributed by atoms with Crippen molar-refractivity contribution in [3.63, 3.8) is 0 Å². The van der Waals surface area contributed by atoms with E-state index in [-0.39, 0.29) is 12.2 Å². The van der Waals surface area contributed by atoms with E-state index in [1.165, 1.54) is 13.2 Å². The number of aryl methyl sites for hydroxylation is 1. The largest absolute Gasteiger partial charge is 0.497 e. The van der Waals surface area contributed by atoms with Gasteiger partial charge in [0.25, 0.3) is 0 Å². The Labute approximate surface area is 116 Å². The lowest BCUT2D eigenvalue weighted by Gasteiger charge is -2.11. The van der Waals surface area contributed by atoms with Crippen LogP contribution in [0.2, 0.25) is 0 Å². The molecule has 0 atom stereocenters. The SMILES string of the molecule is CCn1cncc1COc1ccc(OC)cc1C(=O)O. The number of rotatable bonds is 6. The van der Waals surface area contributed by atoms with Crippen molar-refractivity contribution in [2.24, 2.45) is 0 Å². The predicted octanol–water partition coefficient (Wildman–Crippen LogP) is 2.19. The number of nitrogens with zero attached hydrogens (tertiary/aromatic N) is 2. The molecule has 0 saturated carbocycles. The monoisotopic (exact) mass is 276 g/mol. The van der Waals surface area contributed by atoms with Crippen molar-refractivity contribution in [1.29, 1.82) is 0 Å². The predicted molar refractivity (Wildman–Crippen MR) is 72.2 cm³/mol. The quantitative estimate of drug-likeness (QED) is 0.875. The normalized spacial score (nSPS) is 10.3. The van der Waals surface area contributed by atoms with Crippen LogP contribution in [0.25, 0.3) is 0 Å². The fourth-order valence-electron chi connectivity index (χ4n) is 1.83. The first-order valence-electron chi connectivity index (χ1n) is 6.18. The second-order valence-corrected chi connectivity index (χ2v) is 4.13. The summed E-state index contributed by atoms with van der Waals surface area (Å²) >= 11 is 0. The Balaban J connectivity index is 2.19. The van der Waals surface area contributed by atoms with Gasteiger partial charge >= 0.3 is 5.97 Å². The Kier molecular flexibility index (Phi) is 4.24. The van der Waals surface area contributed by atoms with Crippen LogP contribution in [0.3, 0.4) is 0 Å².